The second-order valence-electron chi connectivity index (χ2n) is 11.8. The summed E-state index contributed by atoms with van der Waals surface area (Å²) in [6, 6.07) is 3.23. The van der Waals surface area contributed by atoms with Crippen LogP contribution in [0, 0.1) is 22.7 Å². The van der Waals surface area contributed by atoms with Crippen molar-refractivity contribution in [3.05, 3.63) is 34.4 Å². The monoisotopic (exact) mass is 458 g/mol. The molecule has 5 fully saturated rings. The Kier molecular flexibility index (Phi) is 4.43. The van der Waals surface area contributed by atoms with Crippen LogP contribution in [0.15, 0.2) is 27.6 Å². The molecule has 1 aromatic rings. The number of hydrogen-bond donors (Lipinski definition) is 2. The summed E-state index contributed by atoms with van der Waals surface area (Å²) in [7, 11) is 0. The van der Waals surface area contributed by atoms with Gasteiger partial charge in [-0.25, -0.2) is 4.79 Å². The van der Waals surface area contributed by atoms with E-state index in [9.17, 15) is 19.8 Å². The first kappa shape index (κ1) is 21.8. The second kappa shape index (κ2) is 6.70. The first-order valence-corrected chi connectivity index (χ1v) is 12.4. The summed E-state index contributed by atoms with van der Waals surface area (Å²) < 4.78 is 17.7. The van der Waals surface area contributed by atoms with E-state index >= 15 is 0 Å². The zero-order valence-electron chi connectivity index (χ0n) is 19.6. The van der Waals surface area contributed by atoms with Crippen LogP contribution in [0.5, 0.6) is 0 Å². The topological polar surface area (TPSA) is 110 Å². The highest BCUT2D eigenvalue weighted by atomic mass is 16.7. The van der Waals surface area contributed by atoms with E-state index in [-0.39, 0.29) is 40.7 Å². The van der Waals surface area contributed by atoms with Gasteiger partial charge in [0.15, 0.2) is 0 Å². The molecule has 7 nitrogen and oxygen atoms in total. The summed E-state index contributed by atoms with van der Waals surface area (Å²) in [4.78, 5) is 23.7. The Morgan fingerprint density at radius 3 is 2.52 bits per heavy atom. The Balaban J connectivity index is 1.42. The maximum atomic E-state index is 12.1. The number of ether oxygens (including phenoxy) is 2. The highest BCUT2D eigenvalue weighted by Crippen LogP contribution is 2.78. The molecule has 1 saturated heterocycles. The predicted octanol–water partition coefficient (Wildman–Crippen LogP) is 2.91. The van der Waals surface area contributed by atoms with Gasteiger partial charge in [0, 0.05) is 30.7 Å². The molecule has 1 aliphatic heterocycles. The van der Waals surface area contributed by atoms with Crippen molar-refractivity contribution < 1.29 is 28.9 Å². The van der Waals surface area contributed by atoms with E-state index in [2.05, 4.69) is 13.8 Å². The highest BCUT2D eigenvalue weighted by molar-refractivity contribution is 5.66. The van der Waals surface area contributed by atoms with E-state index in [4.69, 9.17) is 13.9 Å². The molecule has 4 saturated carbocycles. The van der Waals surface area contributed by atoms with Gasteiger partial charge in [0.1, 0.15) is 17.8 Å². The van der Waals surface area contributed by atoms with E-state index in [1.54, 1.807) is 6.07 Å². The first-order chi connectivity index (χ1) is 15.6. The zero-order valence-corrected chi connectivity index (χ0v) is 19.6. The number of aliphatic hydroxyl groups excluding tert-OH is 1. The van der Waals surface area contributed by atoms with Crippen molar-refractivity contribution in [2.45, 2.75) is 101 Å². The number of carbonyl (C=O) groups is 1. The van der Waals surface area contributed by atoms with Crippen LogP contribution < -0.4 is 5.63 Å². The quantitative estimate of drug-likeness (QED) is 0.518. The van der Waals surface area contributed by atoms with Crippen LogP contribution in [0.1, 0.15) is 77.2 Å². The molecule has 33 heavy (non-hydrogen) atoms. The largest absolute Gasteiger partial charge is 0.459 e. The van der Waals surface area contributed by atoms with Crippen LogP contribution >= 0.6 is 0 Å². The van der Waals surface area contributed by atoms with Gasteiger partial charge in [0.2, 0.25) is 0 Å². The third kappa shape index (κ3) is 2.62. The molecule has 180 valence electrons. The van der Waals surface area contributed by atoms with Crippen LogP contribution in [0.25, 0.3) is 0 Å². The third-order valence-electron chi connectivity index (χ3n) is 10.6. The summed E-state index contributed by atoms with van der Waals surface area (Å²) in [5.74, 6) is 0.0816. The fraction of sp³-hybridized carbons (Fsp3) is 0.769. The molecule has 1 spiro atoms. The lowest BCUT2D eigenvalue weighted by molar-refractivity contribution is -0.224. The van der Waals surface area contributed by atoms with E-state index in [0.717, 1.165) is 37.7 Å². The lowest BCUT2D eigenvalue weighted by atomic mass is 9.42. The highest BCUT2D eigenvalue weighted by Gasteiger charge is 2.85. The van der Waals surface area contributed by atoms with Crippen LogP contribution in [0.3, 0.4) is 0 Å². The standard InChI is InChI=1S/C26H34O7/c1-14(27)32-21-20(15-4-5-19(29)31-13-15)24(3)10-7-17-18(26(24)22(21)33-26)8-11-25(30)12-16(28)6-9-23(17,25)2/h4-5,13,16-18,20-22,28,30H,6-12H2,1-3H3/t16?,17-,18+,20?,21?,22?,23+,24+,25-,26+/m0/s1. The van der Waals surface area contributed by atoms with Gasteiger partial charge in [0.25, 0.3) is 0 Å². The SMILES string of the molecule is CC(=O)OC1C(c2ccc(=O)oc2)[C@@]2(C)CC[C@H]3[C@@H](CC[C@]4(O)CC(O)CC[C@]34C)[C@]23OC13. The van der Waals surface area contributed by atoms with Gasteiger partial charge in [-0.2, -0.15) is 0 Å². The van der Waals surface area contributed by atoms with Gasteiger partial charge in [-0.15, -0.1) is 0 Å². The van der Waals surface area contributed by atoms with E-state index in [1.807, 2.05) is 0 Å². The average molecular weight is 459 g/mol. The molecular weight excluding hydrogens is 424 g/mol. The van der Waals surface area contributed by atoms with Crippen LogP contribution in [0.4, 0.5) is 0 Å². The number of esters is 1. The lowest BCUT2D eigenvalue weighted by Gasteiger charge is -2.63. The molecule has 2 N–H and O–H groups in total. The molecule has 0 amide bonds. The number of epoxide rings is 1. The molecule has 7 heteroatoms. The van der Waals surface area contributed by atoms with Crippen LogP contribution in [-0.2, 0) is 14.3 Å². The summed E-state index contributed by atoms with van der Waals surface area (Å²) in [6.07, 6.45) is 5.74. The van der Waals surface area contributed by atoms with E-state index in [0.29, 0.717) is 12.8 Å². The minimum Gasteiger partial charge on any atom is -0.459 e. The minimum atomic E-state index is -0.850. The van der Waals surface area contributed by atoms with Gasteiger partial charge in [0.05, 0.1) is 18.0 Å². The molecule has 10 atom stereocenters. The van der Waals surface area contributed by atoms with Gasteiger partial charge < -0.3 is 24.1 Å². The molecule has 4 unspecified atom stereocenters. The lowest BCUT2D eigenvalue weighted by Crippen LogP contribution is -2.65. The summed E-state index contributed by atoms with van der Waals surface area (Å²) >= 11 is 0. The zero-order chi connectivity index (χ0) is 23.4. The molecule has 4 aliphatic carbocycles. The fourth-order valence-corrected chi connectivity index (χ4v) is 9.10. The Bertz CT molecular complexity index is 1030. The predicted molar refractivity (Wildman–Crippen MR) is 117 cm³/mol. The third-order valence-corrected chi connectivity index (χ3v) is 10.6. The van der Waals surface area contributed by atoms with Crippen molar-refractivity contribution in [3.8, 4) is 0 Å². The molecule has 5 aliphatic rings. The van der Waals surface area contributed by atoms with Crippen molar-refractivity contribution >= 4 is 5.97 Å². The number of rotatable bonds is 2. The van der Waals surface area contributed by atoms with Gasteiger partial charge in [-0.3, -0.25) is 4.79 Å². The molecule has 6 rings (SSSR count). The Labute approximate surface area is 193 Å². The summed E-state index contributed by atoms with van der Waals surface area (Å²) in [5, 5.41) is 22.0. The van der Waals surface area contributed by atoms with Crippen LogP contribution in [0.2, 0.25) is 0 Å². The Morgan fingerprint density at radius 2 is 1.82 bits per heavy atom. The number of aliphatic hydroxyl groups is 2. The Hall–Kier alpha value is -1.70. The normalized spacial score (nSPS) is 52.2. The van der Waals surface area contributed by atoms with Crippen molar-refractivity contribution in [2.24, 2.45) is 22.7 Å². The van der Waals surface area contributed by atoms with Gasteiger partial charge in [-0.1, -0.05) is 13.8 Å². The maximum absolute atomic E-state index is 12.1. The van der Waals surface area contributed by atoms with Crippen molar-refractivity contribution in [3.63, 3.8) is 0 Å². The van der Waals surface area contributed by atoms with Crippen molar-refractivity contribution in [1.29, 1.82) is 0 Å². The number of fused-ring (bicyclic) bond motifs is 3. The summed E-state index contributed by atoms with van der Waals surface area (Å²) in [6.45, 7) is 5.89. The smallest absolute Gasteiger partial charge is 0.335 e. The van der Waals surface area contributed by atoms with Crippen molar-refractivity contribution in [1.82, 2.24) is 0 Å². The minimum absolute atomic E-state index is 0.118. The first-order valence-electron chi connectivity index (χ1n) is 12.4. The van der Waals surface area contributed by atoms with Crippen molar-refractivity contribution in [2.75, 3.05) is 0 Å². The number of carbonyl (C=O) groups excluding carboxylic acids is 1. The fourth-order valence-electron chi connectivity index (χ4n) is 9.10. The van der Waals surface area contributed by atoms with E-state index in [1.165, 1.54) is 19.3 Å². The Morgan fingerprint density at radius 1 is 1.09 bits per heavy atom. The maximum Gasteiger partial charge on any atom is 0.335 e. The molecule has 0 aromatic carbocycles. The average Bonchev–Trinajstić information content (AvgIpc) is 3.45. The molecule has 0 radical (unpaired) electrons. The van der Waals surface area contributed by atoms with E-state index < -0.39 is 29.0 Å². The van der Waals surface area contributed by atoms with Gasteiger partial charge in [-0.05, 0) is 67.4 Å². The molecule has 1 aromatic heterocycles. The number of hydrogen-bond acceptors (Lipinski definition) is 7. The molecule has 0 bridgehead atoms. The van der Waals surface area contributed by atoms with Gasteiger partial charge >= 0.3 is 11.6 Å². The molecular formula is C26H34O7. The second-order valence-corrected chi connectivity index (χ2v) is 11.8. The van der Waals surface area contributed by atoms with Crippen LogP contribution in [-0.4, -0.2) is 45.7 Å². The summed E-state index contributed by atoms with van der Waals surface area (Å²) in [5.41, 5.74) is -1.34. The molecule has 2 heterocycles.